The number of carbonyl (C=O) groups excluding carboxylic acids is 4. The third kappa shape index (κ3) is 18.2. The average Bonchev–Trinajstić information content (AvgIpc) is 4.16. The number of aliphatic carboxylic acids is 2. The van der Waals surface area contributed by atoms with Crippen LogP contribution in [0.15, 0.2) is 146 Å². The number of benzene rings is 6. The van der Waals surface area contributed by atoms with Crippen molar-refractivity contribution in [1.82, 2.24) is 28.7 Å². The number of alkyl halides is 6. The number of aromatic nitrogens is 2. The van der Waals surface area contributed by atoms with Crippen LogP contribution in [0.1, 0.15) is 54.4 Å². The van der Waals surface area contributed by atoms with Gasteiger partial charge in [-0.3, -0.25) is 29.4 Å². The van der Waals surface area contributed by atoms with Crippen molar-refractivity contribution >= 4 is 91.8 Å². The molecule has 0 atom stereocenters. The quantitative estimate of drug-likeness (QED) is 0.0268. The molecule has 432 valence electrons. The van der Waals surface area contributed by atoms with E-state index in [0.29, 0.717) is 58.7 Å². The number of fused-ring (bicyclic) bond motifs is 2. The molecule has 2 amide bonds. The topological polar surface area (TPSA) is 248 Å². The van der Waals surface area contributed by atoms with Crippen molar-refractivity contribution in [2.45, 2.75) is 38.5 Å². The number of hydrogen-bond donors (Lipinski definition) is 6. The normalized spacial score (nSPS) is 11.5. The molecule has 0 radical (unpaired) electrons. The van der Waals surface area contributed by atoms with Gasteiger partial charge in [0.25, 0.3) is 11.8 Å². The highest BCUT2D eigenvalue weighted by Gasteiger charge is 2.29. The van der Waals surface area contributed by atoms with Crippen molar-refractivity contribution in [2.24, 2.45) is 11.5 Å². The first kappa shape index (κ1) is 64.1. The molecule has 8 N–H and O–H groups in total. The lowest BCUT2D eigenvalue weighted by Crippen LogP contribution is -2.37. The maximum absolute atomic E-state index is 13.3. The van der Waals surface area contributed by atoms with Gasteiger partial charge >= 0.3 is 12.4 Å². The van der Waals surface area contributed by atoms with Gasteiger partial charge in [-0.2, -0.15) is 26.3 Å². The number of nitrogens with one attached hydrogen (secondary N) is 4. The number of carbonyl (C=O) groups is 4. The number of nitrogens with two attached hydrogens (primary N) is 2. The van der Waals surface area contributed by atoms with Gasteiger partial charge in [0.15, 0.2) is 0 Å². The molecule has 0 bridgehead atoms. The van der Waals surface area contributed by atoms with E-state index in [1.54, 1.807) is 12.1 Å². The number of carboxylic acids is 2. The summed E-state index contributed by atoms with van der Waals surface area (Å²) in [6.07, 6.45) is -10.4. The summed E-state index contributed by atoms with van der Waals surface area (Å²) in [7, 11) is 12.7. The first-order valence-electron chi connectivity index (χ1n) is 24.5. The Morgan fingerprint density at radius 1 is 0.500 bits per heavy atom. The molecule has 0 unspecified atom stereocenters. The van der Waals surface area contributed by atoms with Crippen molar-refractivity contribution in [1.29, 1.82) is 10.8 Å². The summed E-state index contributed by atoms with van der Waals surface area (Å²) in [5.74, 6) is -6.31. The van der Waals surface area contributed by atoms with Crippen LogP contribution in [0, 0.1) is 10.8 Å². The first-order chi connectivity index (χ1) is 38.1. The minimum atomic E-state index is -5.19. The van der Waals surface area contributed by atoms with Crippen LogP contribution in [0.4, 0.5) is 37.7 Å². The van der Waals surface area contributed by atoms with Gasteiger partial charge in [0.1, 0.15) is 46.4 Å². The lowest BCUT2D eigenvalue weighted by molar-refractivity contribution is -0.344. The Bertz CT molecular complexity index is 3390. The number of quaternary nitrogens is 2. The Balaban J connectivity index is 0.000000244. The summed E-state index contributed by atoms with van der Waals surface area (Å²) < 4.78 is 68.5. The van der Waals surface area contributed by atoms with Gasteiger partial charge in [0.05, 0.1) is 42.3 Å². The van der Waals surface area contributed by atoms with Crippen molar-refractivity contribution < 1.29 is 55.7 Å². The van der Waals surface area contributed by atoms with Gasteiger partial charge in [-0.1, -0.05) is 83.9 Å². The Labute approximate surface area is 477 Å². The van der Waals surface area contributed by atoms with E-state index in [1.165, 1.54) is 11.4 Å². The Kier molecular flexibility index (Phi) is 20.9. The summed E-state index contributed by atoms with van der Waals surface area (Å²) in [6.45, 7) is 1.79. The van der Waals surface area contributed by atoms with E-state index >= 15 is 0 Å². The molecule has 16 nitrogen and oxygen atoms in total. The van der Waals surface area contributed by atoms with E-state index in [-0.39, 0.29) is 23.5 Å². The van der Waals surface area contributed by atoms with E-state index < -0.39 is 24.3 Å². The van der Waals surface area contributed by atoms with Crippen molar-refractivity contribution in [3.05, 3.63) is 200 Å². The number of carboxylic acid groups (broad SMARTS) is 2. The molecule has 0 saturated heterocycles. The molecule has 2 aromatic heterocycles. The smallest absolute Gasteiger partial charge is 0.430 e. The van der Waals surface area contributed by atoms with Gasteiger partial charge in [-0.15, -0.1) is 0 Å². The summed E-state index contributed by atoms with van der Waals surface area (Å²) >= 11 is 12.4. The van der Waals surface area contributed by atoms with Crippen LogP contribution in [0.2, 0.25) is 10.0 Å². The minimum Gasteiger partial charge on any atom is -0.542 e. The predicted molar refractivity (Wildman–Crippen MR) is 303 cm³/mol. The second kappa shape index (κ2) is 26.7. The Hall–Kier alpha value is -8.70. The molecule has 8 aromatic rings. The van der Waals surface area contributed by atoms with Crippen LogP contribution in [-0.4, -0.2) is 99.2 Å². The maximum atomic E-state index is 13.3. The van der Waals surface area contributed by atoms with E-state index in [9.17, 15) is 35.9 Å². The zero-order valence-corrected chi connectivity index (χ0v) is 46.6. The molecular weight excluding hydrogens is 1120 g/mol. The second-order valence-corrected chi connectivity index (χ2v) is 21.0. The monoisotopic (exact) mass is 1170 g/mol. The van der Waals surface area contributed by atoms with Gasteiger partial charge < -0.3 is 51.0 Å². The van der Waals surface area contributed by atoms with Gasteiger partial charge in [0.2, 0.25) is 0 Å². The van der Waals surface area contributed by atoms with Crippen molar-refractivity contribution in [3.8, 4) is 0 Å². The highest BCUT2D eigenvalue weighted by Crippen LogP contribution is 2.28. The number of amides is 2. The first-order valence-corrected chi connectivity index (χ1v) is 25.3. The van der Waals surface area contributed by atoms with Crippen LogP contribution in [-0.2, 0) is 35.8 Å². The third-order valence-electron chi connectivity index (χ3n) is 12.1. The van der Waals surface area contributed by atoms with Crippen LogP contribution in [0.3, 0.4) is 0 Å². The molecular formula is C58H58Cl2F6N10O6. The predicted octanol–water partition coefficient (Wildman–Crippen LogP) is 8.10. The molecule has 8 rings (SSSR count). The number of nitrogen functional groups attached to an aromatic ring is 2. The Morgan fingerprint density at radius 3 is 1.10 bits per heavy atom. The SMILES string of the molecule is C[N+](C)(C)c1ccc(CNC(=O)c2cc3cc(Cl)ccc3n2Cc2cccc(C(=N)N)c2)cc1.C[N+](C)(C)c1ccc(CNC(=O)c2cc3cc(Cl)ccc3n2Cc2cccc(C(=N)N)c2)cc1.O=C([O-])C(F)(F)F.O=C([O-])C(F)(F)F. The summed E-state index contributed by atoms with van der Waals surface area (Å²) in [6, 6.07) is 46.5. The van der Waals surface area contributed by atoms with Gasteiger partial charge in [0, 0.05) is 69.2 Å². The molecule has 24 heteroatoms. The Morgan fingerprint density at radius 2 is 0.817 bits per heavy atom. The second-order valence-electron chi connectivity index (χ2n) is 20.2. The summed E-state index contributed by atoms with van der Waals surface area (Å²) in [5, 5.41) is 42.1. The van der Waals surface area contributed by atoms with Gasteiger partial charge in [-0.25, -0.2) is 0 Å². The molecule has 0 aliphatic rings. The largest absolute Gasteiger partial charge is 0.542 e. The molecule has 0 saturated carbocycles. The number of halogens is 8. The summed E-state index contributed by atoms with van der Waals surface area (Å²) in [4.78, 5) is 44.1. The molecule has 0 spiro atoms. The third-order valence-corrected chi connectivity index (χ3v) is 12.6. The number of hydrogen-bond acceptors (Lipinski definition) is 8. The molecule has 82 heavy (non-hydrogen) atoms. The minimum absolute atomic E-state index is 0.0141. The van der Waals surface area contributed by atoms with E-state index in [4.69, 9.17) is 65.3 Å². The van der Waals surface area contributed by atoms with Crippen LogP contribution < -0.4 is 41.3 Å². The van der Waals surface area contributed by atoms with Crippen LogP contribution >= 0.6 is 23.2 Å². The highest BCUT2D eigenvalue weighted by molar-refractivity contribution is 6.31. The number of amidine groups is 2. The fraction of sp³-hybridized carbons (Fsp3) is 0.207. The fourth-order valence-electron chi connectivity index (χ4n) is 7.91. The molecule has 0 fully saturated rings. The van der Waals surface area contributed by atoms with E-state index in [2.05, 4.69) is 77.2 Å². The van der Waals surface area contributed by atoms with Crippen LogP contribution in [0.5, 0.6) is 0 Å². The zero-order chi connectivity index (χ0) is 61.1. The fourth-order valence-corrected chi connectivity index (χ4v) is 8.27. The molecule has 0 aliphatic carbocycles. The van der Waals surface area contributed by atoms with E-state index in [1.807, 2.05) is 118 Å². The van der Waals surface area contributed by atoms with Crippen LogP contribution in [0.25, 0.3) is 21.8 Å². The molecule has 2 heterocycles. The molecule has 6 aromatic carbocycles. The highest BCUT2D eigenvalue weighted by atomic mass is 35.5. The standard InChI is InChI=1S/2C27H28ClN5O.2C2HF3O2/c2*1-33(2,3)23-10-7-18(8-11-23)16-31-27(34)25-15-21-14-22(28)9-12-24(21)32(25)17-19-5-4-6-20(13-19)26(29)30;2*3-2(4,5)1(6)7/h2*4-15H,16-17H2,1-3H3,(H3-,29,30,31,34);2*(H,6,7). The summed E-state index contributed by atoms with van der Waals surface area (Å²) in [5.41, 5.74) is 21.9. The zero-order valence-electron chi connectivity index (χ0n) is 45.1. The van der Waals surface area contributed by atoms with Crippen molar-refractivity contribution in [2.75, 3.05) is 42.3 Å². The van der Waals surface area contributed by atoms with Gasteiger partial charge in [-0.05, 0) is 107 Å². The lowest BCUT2D eigenvalue weighted by atomic mass is 10.1. The number of nitrogens with zero attached hydrogens (tertiary/aromatic N) is 4. The lowest BCUT2D eigenvalue weighted by Gasteiger charge is -2.23. The van der Waals surface area contributed by atoms with Crippen molar-refractivity contribution in [3.63, 3.8) is 0 Å². The molecule has 0 aliphatic heterocycles. The van der Waals surface area contributed by atoms with E-state index in [0.717, 1.165) is 53.0 Å². The number of rotatable bonds is 14. The maximum Gasteiger partial charge on any atom is 0.430 e. The average molecular weight is 1180 g/mol.